The Labute approximate surface area is 56.7 Å². The van der Waals surface area contributed by atoms with E-state index in [0.29, 0.717) is 0 Å². The van der Waals surface area contributed by atoms with Crippen molar-refractivity contribution in [1.29, 1.82) is 0 Å². The predicted molar refractivity (Wildman–Crippen MR) is 37.7 cm³/mol. The molecule has 0 unspecified atom stereocenters. The van der Waals surface area contributed by atoms with Gasteiger partial charge in [-0.25, -0.2) is 0 Å². The van der Waals surface area contributed by atoms with E-state index in [4.69, 9.17) is 6.11 Å². The van der Waals surface area contributed by atoms with E-state index in [0.717, 1.165) is 5.75 Å². The average molecular weight is 123 g/mol. The summed E-state index contributed by atoms with van der Waals surface area (Å²) in [5.41, 5.74) is 1.21. The van der Waals surface area contributed by atoms with Crippen LogP contribution < -0.4 is 4.74 Å². The van der Waals surface area contributed by atoms with Gasteiger partial charge in [-0.3, -0.25) is 0 Å². The van der Waals surface area contributed by atoms with Gasteiger partial charge in [0.05, 0.1) is 8.46 Å². The highest BCUT2D eigenvalue weighted by Gasteiger charge is 1.85. The second-order valence-corrected chi connectivity index (χ2v) is 1.96. The quantitative estimate of drug-likeness (QED) is 0.555. The molecular weight excluding hydrogens is 112 g/mol. The normalized spacial score (nSPS) is 10.6. The van der Waals surface area contributed by atoms with Crippen molar-refractivity contribution < 1.29 is 6.11 Å². The first kappa shape index (κ1) is 4.86. The molecule has 48 valence electrons. The minimum Gasteiger partial charge on any atom is -0.497 e. The summed E-state index contributed by atoms with van der Waals surface area (Å²) < 4.78 is 11.7. The molecule has 0 aliphatic heterocycles. The summed E-state index contributed by atoms with van der Waals surface area (Å²) in [7, 11) is -0.0109. The maximum Gasteiger partial charge on any atom is 0.118 e. The van der Waals surface area contributed by atoms with Gasteiger partial charge in [-0.15, -0.1) is 0 Å². The fourth-order valence-electron chi connectivity index (χ4n) is 0.634. The smallest absolute Gasteiger partial charge is 0.118 e. The lowest BCUT2D eigenvalue weighted by molar-refractivity contribution is 0.414. The van der Waals surface area contributed by atoms with Crippen LogP contribution in [0.25, 0.3) is 0 Å². The molecule has 0 radical (unpaired) electrons. The Morgan fingerprint density at radius 2 is 2.00 bits per heavy atom. The van der Waals surface area contributed by atoms with E-state index >= 15 is 0 Å². The SMILES string of the molecule is [2H]COc1ccc(C)cc1. The molecule has 0 fully saturated rings. The van der Waals surface area contributed by atoms with Crippen LogP contribution in [0.15, 0.2) is 24.3 Å². The molecule has 1 aromatic carbocycles. The summed E-state index contributed by atoms with van der Waals surface area (Å²) >= 11 is 0. The fourth-order valence-corrected chi connectivity index (χ4v) is 0.634. The molecule has 1 rings (SSSR count). The third kappa shape index (κ3) is 1.46. The van der Waals surface area contributed by atoms with E-state index < -0.39 is 0 Å². The molecule has 0 atom stereocenters. The molecule has 0 aliphatic rings. The third-order valence-electron chi connectivity index (χ3n) is 1.19. The van der Waals surface area contributed by atoms with Crippen LogP contribution in [0.4, 0.5) is 0 Å². The highest BCUT2D eigenvalue weighted by molar-refractivity contribution is 5.25. The van der Waals surface area contributed by atoms with Crippen LogP contribution in [-0.4, -0.2) is 7.09 Å². The van der Waals surface area contributed by atoms with Gasteiger partial charge in [-0.2, -0.15) is 0 Å². The topological polar surface area (TPSA) is 9.23 Å². The zero-order chi connectivity index (χ0) is 7.40. The number of ether oxygens (including phenoxy) is 1. The van der Waals surface area contributed by atoms with Gasteiger partial charge in [-0.05, 0) is 19.1 Å². The lowest BCUT2D eigenvalue weighted by Gasteiger charge is -1.97. The number of methoxy groups -OCH3 is 1. The van der Waals surface area contributed by atoms with Crippen LogP contribution in [0.3, 0.4) is 0 Å². The first-order chi connectivity index (χ1) is 4.83. The van der Waals surface area contributed by atoms with Gasteiger partial charge >= 0.3 is 0 Å². The zero-order valence-electron chi connectivity index (χ0n) is 6.42. The van der Waals surface area contributed by atoms with Crippen LogP contribution in [0.2, 0.25) is 0 Å². The van der Waals surface area contributed by atoms with E-state index in [-0.39, 0.29) is 7.09 Å². The second-order valence-electron chi connectivity index (χ2n) is 1.96. The molecule has 0 heterocycles. The van der Waals surface area contributed by atoms with E-state index in [9.17, 15) is 0 Å². The van der Waals surface area contributed by atoms with Gasteiger partial charge in [-0.1, -0.05) is 17.7 Å². The van der Waals surface area contributed by atoms with Gasteiger partial charge in [0.15, 0.2) is 0 Å². The summed E-state index contributed by atoms with van der Waals surface area (Å²) in [6.07, 6.45) is 0. The maximum absolute atomic E-state index is 6.77. The Bertz CT molecular complexity index is 193. The van der Waals surface area contributed by atoms with Crippen molar-refractivity contribution in [3.8, 4) is 5.75 Å². The van der Waals surface area contributed by atoms with E-state index in [1.807, 2.05) is 31.2 Å². The number of hydrogen-bond donors (Lipinski definition) is 0. The highest BCUT2D eigenvalue weighted by Crippen LogP contribution is 2.09. The molecule has 1 nitrogen and oxygen atoms in total. The van der Waals surface area contributed by atoms with Gasteiger partial charge in [0, 0.05) is 0 Å². The summed E-state index contributed by atoms with van der Waals surface area (Å²) in [5, 5.41) is 0. The number of hydrogen-bond acceptors (Lipinski definition) is 1. The monoisotopic (exact) mass is 123 g/mol. The fraction of sp³-hybridized carbons (Fsp3) is 0.250. The Hall–Kier alpha value is -0.980. The molecule has 0 aromatic heterocycles. The van der Waals surface area contributed by atoms with Crippen LogP contribution in [0.5, 0.6) is 5.75 Å². The summed E-state index contributed by atoms with van der Waals surface area (Å²) in [6, 6.07) is 7.66. The molecule has 1 aromatic rings. The van der Waals surface area contributed by atoms with Gasteiger partial charge in [0.25, 0.3) is 0 Å². The standard InChI is InChI=1S/C8H10O/c1-7-3-5-8(9-2)6-4-7/h3-6H,1-2H3/i2D. The van der Waals surface area contributed by atoms with Gasteiger partial charge in [0.1, 0.15) is 5.75 Å². The molecule has 0 saturated carbocycles. The molecule has 0 bridgehead atoms. The summed E-state index contributed by atoms with van der Waals surface area (Å²) in [6.45, 7) is 2.02. The van der Waals surface area contributed by atoms with E-state index in [1.165, 1.54) is 5.56 Å². The summed E-state index contributed by atoms with van der Waals surface area (Å²) in [4.78, 5) is 0. The van der Waals surface area contributed by atoms with Crippen molar-refractivity contribution in [2.45, 2.75) is 6.92 Å². The predicted octanol–water partition coefficient (Wildman–Crippen LogP) is 2.00. The van der Waals surface area contributed by atoms with Crippen molar-refractivity contribution in [2.75, 3.05) is 7.09 Å². The zero-order valence-corrected chi connectivity index (χ0v) is 5.42. The number of rotatable bonds is 1. The Kier molecular flexibility index (Phi) is 1.37. The number of aryl methyl sites for hydroxylation is 1. The minimum absolute atomic E-state index is 0.0109. The van der Waals surface area contributed by atoms with Crippen molar-refractivity contribution in [2.24, 2.45) is 0 Å². The second kappa shape index (κ2) is 2.53. The van der Waals surface area contributed by atoms with Crippen LogP contribution in [0.1, 0.15) is 6.93 Å². The van der Waals surface area contributed by atoms with Crippen molar-refractivity contribution >= 4 is 0 Å². The minimum atomic E-state index is -0.0109. The molecule has 0 aliphatic carbocycles. The lowest BCUT2D eigenvalue weighted by atomic mass is 10.2. The van der Waals surface area contributed by atoms with Crippen LogP contribution in [-0.2, 0) is 0 Å². The van der Waals surface area contributed by atoms with Gasteiger partial charge < -0.3 is 4.74 Å². The largest absolute Gasteiger partial charge is 0.497 e. The average Bonchev–Trinajstić information content (AvgIpc) is 1.95. The van der Waals surface area contributed by atoms with Crippen LogP contribution in [0, 0.1) is 6.92 Å². The molecule has 9 heavy (non-hydrogen) atoms. The number of benzene rings is 1. The molecule has 0 spiro atoms. The van der Waals surface area contributed by atoms with Crippen LogP contribution >= 0.6 is 0 Å². The first-order valence-electron chi connectivity index (χ1n) is 3.52. The molecule has 0 N–H and O–H groups in total. The molecule has 0 amide bonds. The lowest BCUT2D eigenvalue weighted by Crippen LogP contribution is -1.80. The molecular formula is C8H10O. The highest BCUT2D eigenvalue weighted by atomic mass is 16.5. The summed E-state index contributed by atoms with van der Waals surface area (Å²) in [5.74, 6) is 0.764. The van der Waals surface area contributed by atoms with Crippen molar-refractivity contribution in [3.05, 3.63) is 29.8 Å². The van der Waals surface area contributed by atoms with Crippen molar-refractivity contribution in [3.63, 3.8) is 0 Å². The Balaban J connectivity index is 2.69. The Morgan fingerprint density at radius 3 is 2.56 bits per heavy atom. The third-order valence-corrected chi connectivity index (χ3v) is 1.19. The van der Waals surface area contributed by atoms with E-state index in [2.05, 4.69) is 0 Å². The maximum atomic E-state index is 6.77. The Morgan fingerprint density at radius 1 is 1.33 bits per heavy atom. The van der Waals surface area contributed by atoms with Gasteiger partial charge in [0.2, 0.25) is 0 Å². The van der Waals surface area contributed by atoms with Crippen molar-refractivity contribution in [1.82, 2.24) is 0 Å². The molecule has 0 saturated heterocycles. The van der Waals surface area contributed by atoms with E-state index in [1.54, 1.807) is 0 Å². The first-order valence-corrected chi connectivity index (χ1v) is 2.81. The molecule has 1 heteroatoms.